The molecule has 0 fully saturated rings. The highest BCUT2D eigenvalue weighted by atomic mass is 79.9. The van der Waals surface area contributed by atoms with Gasteiger partial charge in [0.25, 0.3) is 5.91 Å². The third-order valence-corrected chi connectivity index (χ3v) is 5.80. The van der Waals surface area contributed by atoms with Crippen LogP contribution in [0.15, 0.2) is 77.3 Å². The van der Waals surface area contributed by atoms with Gasteiger partial charge in [-0.1, -0.05) is 70.0 Å². The summed E-state index contributed by atoms with van der Waals surface area (Å²) in [6.07, 6.45) is -0.323. The number of hydrogen-bond acceptors (Lipinski definition) is 3. The number of rotatable bonds is 5. The van der Waals surface area contributed by atoms with E-state index in [9.17, 15) is 14.7 Å². The summed E-state index contributed by atoms with van der Waals surface area (Å²) in [4.78, 5) is 27.6. The minimum Gasteiger partial charge on any atom is -0.375 e. The number of carbonyl (C=O) groups is 2. The molecule has 1 aliphatic rings. The Morgan fingerprint density at radius 2 is 1.76 bits per heavy atom. The van der Waals surface area contributed by atoms with Gasteiger partial charge in [-0.15, -0.1) is 0 Å². The number of anilines is 1. The van der Waals surface area contributed by atoms with E-state index in [4.69, 9.17) is 11.6 Å². The lowest BCUT2D eigenvalue weighted by atomic mass is 9.88. The Balaban J connectivity index is 1.67. The number of amides is 1. The second-order valence-corrected chi connectivity index (χ2v) is 8.36. The number of hydrogen-bond donors (Lipinski definition) is 1. The molecule has 1 amide bonds. The van der Waals surface area contributed by atoms with Crippen LogP contribution in [0.25, 0.3) is 0 Å². The molecule has 0 saturated heterocycles. The van der Waals surface area contributed by atoms with Crippen molar-refractivity contribution in [2.24, 2.45) is 0 Å². The van der Waals surface area contributed by atoms with Crippen molar-refractivity contribution in [3.05, 3.63) is 99.0 Å². The van der Waals surface area contributed by atoms with Crippen molar-refractivity contribution in [2.75, 3.05) is 4.90 Å². The van der Waals surface area contributed by atoms with Gasteiger partial charge in [-0.05, 0) is 35.9 Å². The van der Waals surface area contributed by atoms with Crippen molar-refractivity contribution < 1.29 is 14.7 Å². The fraction of sp³-hybridized carbons (Fsp3) is 0.130. The molecule has 1 N–H and O–H groups in total. The summed E-state index contributed by atoms with van der Waals surface area (Å²) in [7, 11) is 0. The molecule has 1 unspecified atom stereocenters. The smallest absolute Gasteiger partial charge is 0.264 e. The first-order chi connectivity index (χ1) is 13.9. The van der Waals surface area contributed by atoms with Crippen molar-refractivity contribution in [1.29, 1.82) is 0 Å². The van der Waals surface area contributed by atoms with Gasteiger partial charge < -0.3 is 10.0 Å². The normalized spacial score (nSPS) is 18.0. The van der Waals surface area contributed by atoms with E-state index in [0.717, 1.165) is 10.0 Å². The molecule has 3 aromatic rings. The quantitative estimate of drug-likeness (QED) is 0.527. The van der Waals surface area contributed by atoms with Gasteiger partial charge in [0.15, 0.2) is 11.4 Å². The number of ketones is 1. The molecule has 0 bridgehead atoms. The highest BCUT2D eigenvalue weighted by Gasteiger charge is 2.50. The lowest BCUT2D eigenvalue weighted by Gasteiger charge is -2.23. The highest BCUT2D eigenvalue weighted by molar-refractivity contribution is 9.10. The summed E-state index contributed by atoms with van der Waals surface area (Å²) in [5.41, 5.74) is 0.469. The van der Waals surface area contributed by atoms with E-state index in [0.29, 0.717) is 21.8 Å². The summed E-state index contributed by atoms with van der Waals surface area (Å²) in [6, 6.07) is 21.1. The molecule has 0 radical (unpaired) electrons. The summed E-state index contributed by atoms with van der Waals surface area (Å²) in [5, 5.41) is 12.0. The summed E-state index contributed by atoms with van der Waals surface area (Å²) >= 11 is 9.30. The molecule has 29 heavy (non-hydrogen) atoms. The first kappa shape index (κ1) is 19.8. The number of para-hydroxylation sites is 1. The predicted molar refractivity (Wildman–Crippen MR) is 116 cm³/mol. The van der Waals surface area contributed by atoms with Crippen LogP contribution in [0.3, 0.4) is 0 Å². The molecule has 0 saturated carbocycles. The Bertz CT molecular complexity index is 1100. The van der Waals surface area contributed by atoms with Crippen molar-refractivity contribution >= 4 is 44.9 Å². The number of fused-ring (bicyclic) bond motifs is 1. The third-order valence-electron chi connectivity index (χ3n) is 5.06. The average molecular weight is 471 g/mol. The Morgan fingerprint density at radius 3 is 2.48 bits per heavy atom. The number of halogens is 2. The summed E-state index contributed by atoms with van der Waals surface area (Å²) < 4.78 is 0.762. The zero-order valence-electron chi connectivity index (χ0n) is 15.3. The molecule has 1 heterocycles. The summed E-state index contributed by atoms with van der Waals surface area (Å²) in [5.74, 6) is -0.803. The zero-order valence-corrected chi connectivity index (χ0v) is 17.7. The van der Waals surface area contributed by atoms with Gasteiger partial charge in [-0.3, -0.25) is 9.59 Å². The van der Waals surface area contributed by atoms with Crippen LogP contribution < -0.4 is 4.90 Å². The van der Waals surface area contributed by atoms with Gasteiger partial charge in [-0.25, -0.2) is 0 Å². The van der Waals surface area contributed by atoms with Crippen LogP contribution in [0, 0.1) is 0 Å². The van der Waals surface area contributed by atoms with Crippen molar-refractivity contribution in [3.8, 4) is 0 Å². The van der Waals surface area contributed by atoms with Crippen LogP contribution in [0.1, 0.15) is 27.9 Å². The van der Waals surface area contributed by atoms with E-state index < -0.39 is 11.5 Å². The monoisotopic (exact) mass is 469 g/mol. The van der Waals surface area contributed by atoms with Crippen molar-refractivity contribution in [1.82, 2.24) is 0 Å². The van der Waals surface area contributed by atoms with Crippen LogP contribution in [-0.2, 0) is 16.9 Å². The Kier molecular flexibility index (Phi) is 5.30. The Hall–Kier alpha value is -2.47. The average Bonchev–Trinajstić information content (AvgIpc) is 2.92. The van der Waals surface area contributed by atoms with Gasteiger partial charge in [-0.2, -0.15) is 0 Å². The molecule has 4 nitrogen and oxygen atoms in total. The lowest BCUT2D eigenvalue weighted by molar-refractivity contribution is -0.136. The molecule has 6 heteroatoms. The molecule has 1 atom stereocenters. The number of carbonyl (C=O) groups excluding carboxylic acids is 2. The third kappa shape index (κ3) is 3.73. The zero-order chi connectivity index (χ0) is 20.6. The van der Waals surface area contributed by atoms with E-state index in [2.05, 4.69) is 15.9 Å². The summed E-state index contributed by atoms with van der Waals surface area (Å²) in [6.45, 7) is 0.278. The van der Waals surface area contributed by atoms with E-state index in [-0.39, 0.29) is 18.7 Å². The number of Topliss-reactive ketones (excluding diaryl/α,β-unsaturated/α-hetero) is 1. The fourth-order valence-electron chi connectivity index (χ4n) is 3.60. The lowest BCUT2D eigenvalue weighted by Crippen LogP contribution is -2.41. The topological polar surface area (TPSA) is 57.6 Å². The minimum absolute atomic E-state index is 0.278. The maximum absolute atomic E-state index is 13.3. The first-order valence-corrected chi connectivity index (χ1v) is 10.2. The SMILES string of the molecule is O=C(CC1(O)C(=O)N(Cc2ccc(Cl)cc2)c2ccccc21)c1cccc(Br)c1. The van der Waals surface area contributed by atoms with Gasteiger partial charge in [0, 0.05) is 20.6 Å². The van der Waals surface area contributed by atoms with Crippen LogP contribution in [0.2, 0.25) is 5.02 Å². The molecule has 4 rings (SSSR count). The fourth-order valence-corrected chi connectivity index (χ4v) is 4.13. The number of aliphatic hydroxyl groups is 1. The standard InChI is InChI=1S/C23H17BrClNO3/c24-17-5-3-4-16(12-17)21(27)13-23(29)19-6-1-2-7-20(19)26(22(23)28)14-15-8-10-18(25)11-9-15/h1-12,29H,13-14H2. The molecule has 3 aromatic carbocycles. The van der Waals surface area contributed by atoms with Crippen LogP contribution in [0.4, 0.5) is 5.69 Å². The predicted octanol–water partition coefficient (Wildman–Crippen LogP) is 5.11. The molecule has 0 spiro atoms. The Labute approximate surface area is 181 Å². The Morgan fingerprint density at radius 1 is 1.03 bits per heavy atom. The van der Waals surface area contributed by atoms with Gasteiger partial charge >= 0.3 is 0 Å². The van der Waals surface area contributed by atoms with E-state index in [1.807, 2.05) is 24.3 Å². The maximum atomic E-state index is 13.3. The molecule has 1 aliphatic heterocycles. The van der Waals surface area contributed by atoms with Gasteiger partial charge in [0.05, 0.1) is 18.7 Å². The molecule has 146 valence electrons. The molecular weight excluding hydrogens is 454 g/mol. The first-order valence-electron chi connectivity index (χ1n) is 9.05. The van der Waals surface area contributed by atoms with Crippen LogP contribution in [0.5, 0.6) is 0 Å². The number of nitrogens with zero attached hydrogens (tertiary/aromatic N) is 1. The van der Waals surface area contributed by atoms with Gasteiger partial charge in [0.1, 0.15) is 0 Å². The minimum atomic E-state index is -1.90. The maximum Gasteiger partial charge on any atom is 0.264 e. The molecule has 0 aromatic heterocycles. The van der Waals surface area contributed by atoms with E-state index in [1.165, 1.54) is 4.90 Å². The van der Waals surface area contributed by atoms with Crippen LogP contribution >= 0.6 is 27.5 Å². The van der Waals surface area contributed by atoms with Crippen molar-refractivity contribution in [2.45, 2.75) is 18.6 Å². The number of benzene rings is 3. The molecule has 0 aliphatic carbocycles. The largest absolute Gasteiger partial charge is 0.375 e. The second kappa shape index (κ2) is 7.75. The van der Waals surface area contributed by atoms with Gasteiger partial charge in [0.2, 0.25) is 0 Å². The second-order valence-electron chi connectivity index (χ2n) is 7.01. The molecular formula is C23H17BrClNO3. The van der Waals surface area contributed by atoms with E-state index >= 15 is 0 Å². The van der Waals surface area contributed by atoms with E-state index in [1.54, 1.807) is 48.5 Å². The highest BCUT2D eigenvalue weighted by Crippen LogP contribution is 2.43. The van der Waals surface area contributed by atoms with Crippen molar-refractivity contribution in [3.63, 3.8) is 0 Å². The van der Waals surface area contributed by atoms with Crippen LogP contribution in [-0.4, -0.2) is 16.8 Å².